The largest absolute Gasteiger partial charge is 0.354 e. The molecule has 2 aliphatic heterocycles. The molecule has 2 saturated heterocycles. The molecule has 3 aliphatic rings. The molecular formula is C25H34N6O. The van der Waals surface area contributed by atoms with Gasteiger partial charge in [0.2, 0.25) is 0 Å². The van der Waals surface area contributed by atoms with Gasteiger partial charge in [-0.3, -0.25) is 9.80 Å². The van der Waals surface area contributed by atoms with E-state index in [2.05, 4.69) is 69.8 Å². The number of rotatable bonds is 4. The zero-order valence-corrected chi connectivity index (χ0v) is 19.2. The summed E-state index contributed by atoms with van der Waals surface area (Å²) in [5.74, 6) is 0.987. The van der Waals surface area contributed by atoms with Crippen molar-refractivity contribution in [2.45, 2.75) is 36.8 Å². The average Bonchev–Trinajstić information content (AvgIpc) is 3.16. The van der Waals surface area contributed by atoms with Crippen LogP contribution in [-0.4, -0.2) is 68.3 Å². The van der Waals surface area contributed by atoms with Crippen LogP contribution >= 0.6 is 0 Å². The second-order valence-corrected chi connectivity index (χ2v) is 9.70. The number of carbonyl (C=O) groups is 1. The van der Waals surface area contributed by atoms with E-state index in [0.29, 0.717) is 6.54 Å². The summed E-state index contributed by atoms with van der Waals surface area (Å²) in [6.07, 6.45) is 5.84. The zero-order chi connectivity index (χ0) is 22.2. The Hall–Kier alpha value is -2.64. The summed E-state index contributed by atoms with van der Waals surface area (Å²) in [7, 11) is 4.35. The third-order valence-electron chi connectivity index (χ3n) is 7.76. The molecule has 0 unspecified atom stereocenters. The molecule has 0 radical (unpaired) electrons. The van der Waals surface area contributed by atoms with Gasteiger partial charge in [0.15, 0.2) is 0 Å². The number of nitrogens with one attached hydrogen (secondary N) is 2. The van der Waals surface area contributed by atoms with Gasteiger partial charge < -0.3 is 15.5 Å². The van der Waals surface area contributed by atoms with Gasteiger partial charge in [-0.05, 0) is 57.5 Å². The number of amides is 2. The predicted molar refractivity (Wildman–Crippen MR) is 128 cm³/mol. The molecule has 5 rings (SSSR count). The Morgan fingerprint density at radius 2 is 1.69 bits per heavy atom. The Morgan fingerprint density at radius 3 is 2.31 bits per heavy atom. The number of benzene rings is 1. The minimum absolute atomic E-state index is 0.00112. The second-order valence-electron chi connectivity index (χ2n) is 9.70. The van der Waals surface area contributed by atoms with Crippen LogP contribution in [0, 0.1) is 0 Å². The van der Waals surface area contributed by atoms with E-state index in [1.54, 1.807) is 0 Å². The van der Waals surface area contributed by atoms with E-state index in [1.165, 1.54) is 5.56 Å². The van der Waals surface area contributed by atoms with E-state index in [9.17, 15) is 4.79 Å². The van der Waals surface area contributed by atoms with E-state index in [1.807, 2.05) is 23.2 Å². The normalized spacial score (nSPS) is 28.4. The zero-order valence-electron chi connectivity index (χ0n) is 19.2. The summed E-state index contributed by atoms with van der Waals surface area (Å²) in [5, 5.41) is 6.71. The first-order valence-electron chi connectivity index (χ1n) is 11.8. The Bertz CT molecular complexity index is 931. The molecule has 1 aliphatic carbocycles. The maximum atomic E-state index is 13.0. The Labute approximate surface area is 190 Å². The standard InChI is InChI=1S/C25H34N6O/c1-29(2)25(20-6-4-3-5-7-20)12-10-24(11-13-25)19-31(23(32)28-24)21-8-9-22(27-18-21)30-16-14-26-15-17-30/h3-9,18,26H,10-17,19H2,1-2H3,(H,28,32). The van der Waals surface area contributed by atoms with E-state index < -0.39 is 0 Å². The van der Waals surface area contributed by atoms with Gasteiger partial charge in [0.25, 0.3) is 0 Å². The smallest absolute Gasteiger partial charge is 0.322 e. The maximum Gasteiger partial charge on any atom is 0.322 e. The van der Waals surface area contributed by atoms with Crippen LogP contribution in [0.1, 0.15) is 31.2 Å². The average molecular weight is 435 g/mol. The van der Waals surface area contributed by atoms with Crippen LogP contribution in [0.3, 0.4) is 0 Å². The summed E-state index contributed by atoms with van der Waals surface area (Å²) in [5.41, 5.74) is 2.11. The van der Waals surface area contributed by atoms with Crippen molar-refractivity contribution in [1.82, 2.24) is 20.5 Å². The Balaban J connectivity index is 1.30. The first kappa shape index (κ1) is 21.2. The number of aromatic nitrogens is 1. The van der Waals surface area contributed by atoms with Crippen LogP contribution < -0.4 is 20.4 Å². The third kappa shape index (κ3) is 3.73. The number of pyridine rings is 1. The summed E-state index contributed by atoms with van der Waals surface area (Å²) >= 11 is 0. The van der Waals surface area contributed by atoms with Gasteiger partial charge in [-0.25, -0.2) is 9.78 Å². The highest BCUT2D eigenvalue weighted by Crippen LogP contribution is 2.46. The minimum atomic E-state index is -0.164. The van der Waals surface area contributed by atoms with Gasteiger partial charge in [0, 0.05) is 31.7 Å². The molecule has 2 aromatic rings. The Kier molecular flexibility index (Phi) is 5.55. The molecule has 32 heavy (non-hydrogen) atoms. The topological polar surface area (TPSA) is 63.7 Å². The van der Waals surface area contributed by atoms with Gasteiger partial charge in [0.05, 0.1) is 24.0 Å². The molecule has 1 spiro atoms. The number of hydrogen-bond donors (Lipinski definition) is 2. The summed E-state index contributed by atoms with van der Waals surface area (Å²) in [4.78, 5) is 24.2. The van der Waals surface area contributed by atoms with Crippen molar-refractivity contribution in [3.05, 3.63) is 54.2 Å². The van der Waals surface area contributed by atoms with Crippen LogP contribution in [0.25, 0.3) is 0 Å². The molecule has 1 aromatic carbocycles. The van der Waals surface area contributed by atoms with Crippen LogP contribution in [0.4, 0.5) is 16.3 Å². The van der Waals surface area contributed by atoms with Crippen molar-refractivity contribution in [2.24, 2.45) is 0 Å². The van der Waals surface area contributed by atoms with Gasteiger partial charge in [0.1, 0.15) is 5.82 Å². The molecule has 1 saturated carbocycles. The molecule has 170 valence electrons. The van der Waals surface area contributed by atoms with Crippen molar-refractivity contribution in [3.63, 3.8) is 0 Å². The van der Waals surface area contributed by atoms with Crippen molar-refractivity contribution in [3.8, 4) is 0 Å². The van der Waals surface area contributed by atoms with E-state index in [0.717, 1.165) is 63.4 Å². The van der Waals surface area contributed by atoms with Gasteiger partial charge in [-0.15, -0.1) is 0 Å². The molecule has 0 bridgehead atoms. The van der Waals surface area contributed by atoms with E-state index in [-0.39, 0.29) is 17.1 Å². The van der Waals surface area contributed by atoms with Gasteiger partial charge in [-0.2, -0.15) is 0 Å². The molecule has 1 aromatic heterocycles. The van der Waals surface area contributed by atoms with E-state index in [4.69, 9.17) is 0 Å². The summed E-state index contributed by atoms with van der Waals surface area (Å²) in [6, 6.07) is 14.9. The quantitative estimate of drug-likeness (QED) is 0.775. The fourth-order valence-electron chi connectivity index (χ4n) is 5.70. The van der Waals surface area contributed by atoms with Crippen molar-refractivity contribution in [1.29, 1.82) is 0 Å². The fourth-order valence-corrected chi connectivity index (χ4v) is 5.70. The number of carbonyl (C=O) groups excluding carboxylic acids is 1. The first-order valence-corrected chi connectivity index (χ1v) is 11.8. The molecule has 2 amide bonds. The third-order valence-corrected chi connectivity index (χ3v) is 7.76. The monoisotopic (exact) mass is 434 g/mol. The molecular weight excluding hydrogens is 400 g/mol. The van der Waals surface area contributed by atoms with Crippen LogP contribution in [-0.2, 0) is 5.54 Å². The second kappa shape index (κ2) is 8.37. The number of hydrogen-bond acceptors (Lipinski definition) is 5. The maximum absolute atomic E-state index is 13.0. The highest BCUT2D eigenvalue weighted by Gasteiger charge is 2.50. The van der Waals surface area contributed by atoms with Crippen molar-refractivity contribution < 1.29 is 4.79 Å². The van der Waals surface area contributed by atoms with Crippen molar-refractivity contribution >= 4 is 17.5 Å². The summed E-state index contributed by atoms with van der Waals surface area (Å²) < 4.78 is 0. The van der Waals surface area contributed by atoms with Gasteiger partial charge >= 0.3 is 6.03 Å². The summed E-state index contributed by atoms with van der Waals surface area (Å²) in [6.45, 7) is 4.61. The molecule has 7 heteroatoms. The van der Waals surface area contributed by atoms with Crippen LogP contribution in [0.5, 0.6) is 0 Å². The van der Waals surface area contributed by atoms with Gasteiger partial charge in [-0.1, -0.05) is 30.3 Å². The highest BCUT2D eigenvalue weighted by atomic mass is 16.2. The molecule has 0 atom stereocenters. The number of piperazine rings is 1. The molecule has 3 fully saturated rings. The SMILES string of the molecule is CN(C)C1(c2ccccc2)CCC2(CC1)CN(c1ccc(N3CCNCC3)nc1)C(=O)N2. The Morgan fingerprint density at radius 1 is 0.969 bits per heavy atom. The highest BCUT2D eigenvalue weighted by molar-refractivity contribution is 5.95. The van der Waals surface area contributed by atoms with Crippen LogP contribution in [0.2, 0.25) is 0 Å². The lowest BCUT2D eigenvalue weighted by Crippen LogP contribution is -2.54. The van der Waals surface area contributed by atoms with Crippen molar-refractivity contribution in [2.75, 3.05) is 56.6 Å². The predicted octanol–water partition coefficient (Wildman–Crippen LogP) is 2.79. The number of anilines is 2. The minimum Gasteiger partial charge on any atom is -0.354 e. The molecule has 2 N–H and O–H groups in total. The molecule has 3 heterocycles. The number of nitrogens with zero attached hydrogens (tertiary/aromatic N) is 4. The fraction of sp³-hybridized carbons (Fsp3) is 0.520. The lowest BCUT2D eigenvalue weighted by Gasteiger charge is -2.48. The lowest BCUT2D eigenvalue weighted by atomic mass is 9.69. The molecule has 7 nitrogen and oxygen atoms in total. The lowest BCUT2D eigenvalue weighted by molar-refractivity contribution is 0.0658. The van der Waals surface area contributed by atoms with Crippen LogP contribution in [0.15, 0.2) is 48.7 Å². The number of urea groups is 1. The van der Waals surface area contributed by atoms with E-state index >= 15 is 0 Å². The first-order chi connectivity index (χ1) is 15.5.